The molecule has 0 aliphatic carbocycles. The van der Waals surface area contributed by atoms with E-state index in [0.717, 1.165) is 23.8 Å². The summed E-state index contributed by atoms with van der Waals surface area (Å²) in [5, 5.41) is 4.25. The van der Waals surface area contributed by atoms with E-state index in [9.17, 15) is 9.59 Å². The second-order valence-electron chi connectivity index (χ2n) is 7.54. The third kappa shape index (κ3) is 5.46. The van der Waals surface area contributed by atoms with Crippen molar-refractivity contribution in [2.24, 2.45) is 0 Å². The van der Waals surface area contributed by atoms with Gasteiger partial charge in [0, 0.05) is 25.7 Å². The Balaban J connectivity index is 1.78. The highest BCUT2D eigenvalue weighted by molar-refractivity contribution is 7.99. The third-order valence-electron chi connectivity index (χ3n) is 4.91. The lowest BCUT2D eigenvalue weighted by atomic mass is 10.1. The van der Waals surface area contributed by atoms with Crippen molar-refractivity contribution in [2.45, 2.75) is 52.4 Å². The number of aromatic nitrogens is 3. The summed E-state index contributed by atoms with van der Waals surface area (Å²) >= 11 is 2.65. The summed E-state index contributed by atoms with van der Waals surface area (Å²) in [6.45, 7) is 12.2. The van der Waals surface area contributed by atoms with Crippen LogP contribution in [0.15, 0.2) is 34.2 Å². The molecule has 1 aromatic carbocycles. The average molecular weight is 460 g/mol. The first-order valence-corrected chi connectivity index (χ1v) is 12.3. The van der Waals surface area contributed by atoms with Crippen molar-refractivity contribution in [3.8, 4) is 0 Å². The first-order valence-electron chi connectivity index (χ1n) is 10.5. The Morgan fingerprint density at radius 3 is 2.48 bits per heavy atom. The highest BCUT2D eigenvalue weighted by atomic mass is 32.2. The Morgan fingerprint density at radius 2 is 1.87 bits per heavy atom. The van der Waals surface area contributed by atoms with Gasteiger partial charge in [0.2, 0.25) is 5.91 Å². The van der Waals surface area contributed by atoms with Gasteiger partial charge in [0.15, 0.2) is 15.9 Å². The number of amides is 1. The highest BCUT2D eigenvalue weighted by Gasteiger charge is 2.20. The molecule has 0 radical (unpaired) electrons. The smallest absolute Gasteiger partial charge is 0.274 e. The van der Waals surface area contributed by atoms with Gasteiger partial charge < -0.3 is 10.2 Å². The number of aryl methyl sites for hydroxylation is 1. The molecule has 0 saturated carbocycles. The summed E-state index contributed by atoms with van der Waals surface area (Å²) in [7, 11) is 0. The first-order chi connectivity index (χ1) is 14.8. The minimum absolute atomic E-state index is 0.0680. The van der Waals surface area contributed by atoms with E-state index in [1.807, 2.05) is 45.0 Å². The molecule has 3 rings (SSSR count). The zero-order valence-electron chi connectivity index (χ0n) is 18.6. The fourth-order valence-corrected chi connectivity index (χ4v) is 5.15. The van der Waals surface area contributed by atoms with Crippen molar-refractivity contribution in [2.75, 3.05) is 23.7 Å². The summed E-state index contributed by atoms with van der Waals surface area (Å²) in [4.78, 5) is 36.9. The lowest BCUT2D eigenvalue weighted by Crippen LogP contribution is -2.27. The van der Waals surface area contributed by atoms with Crippen LogP contribution in [0.5, 0.6) is 0 Å². The molecule has 0 atom stereocenters. The van der Waals surface area contributed by atoms with Crippen LogP contribution in [0.2, 0.25) is 0 Å². The van der Waals surface area contributed by atoms with Crippen molar-refractivity contribution in [3.63, 3.8) is 0 Å². The summed E-state index contributed by atoms with van der Waals surface area (Å²) < 4.78 is 2.22. The van der Waals surface area contributed by atoms with Crippen LogP contribution in [0.1, 0.15) is 44.9 Å². The van der Waals surface area contributed by atoms with E-state index in [0.29, 0.717) is 22.0 Å². The second kappa shape index (κ2) is 10.3. The topological polar surface area (TPSA) is 80.1 Å². The molecule has 1 N–H and O–H groups in total. The molecule has 0 aliphatic heterocycles. The lowest BCUT2D eigenvalue weighted by Gasteiger charge is -2.15. The molecule has 1 amide bonds. The number of carbonyl (C=O) groups excluding carboxylic acids is 1. The summed E-state index contributed by atoms with van der Waals surface area (Å²) in [6, 6.07) is 7.99. The minimum Gasteiger partial charge on any atom is -0.351 e. The molecule has 0 unspecified atom stereocenters. The Morgan fingerprint density at radius 1 is 1.19 bits per heavy atom. The fourth-order valence-electron chi connectivity index (χ4n) is 3.13. The number of hydrogen-bond donors (Lipinski definition) is 1. The van der Waals surface area contributed by atoms with Crippen molar-refractivity contribution >= 4 is 44.5 Å². The van der Waals surface area contributed by atoms with Gasteiger partial charge in [-0.2, -0.15) is 4.98 Å². The van der Waals surface area contributed by atoms with Crippen LogP contribution in [-0.4, -0.2) is 39.3 Å². The van der Waals surface area contributed by atoms with E-state index < -0.39 is 0 Å². The number of benzene rings is 1. The number of carbonyl (C=O) groups is 1. The minimum atomic E-state index is -0.0997. The SMILES string of the molecule is CCN(CC)c1nc2nc(SCC(=O)NCc3ccc(C)cc3)n(C(C)C)c(=O)c2s1. The number of nitrogens with zero attached hydrogens (tertiary/aromatic N) is 4. The largest absolute Gasteiger partial charge is 0.351 e. The number of fused-ring (bicyclic) bond motifs is 1. The molecule has 2 aromatic heterocycles. The standard InChI is InChI=1S/C22H29N5O2S2/c1-6-26(7-2)21-24-19-18(31-21)20(29)27(14(3)4)22(25-19)30-13-17(28)23-12-16-10-8-15(5)9-11-16/h8-11,14H,6-7,12-13H2,1-5H3,(H,23,28). The molecule has 166 valence electrons. The zero-order chi connectivity index (χ0) is 22.5. The van der Waals surface area contributed by atoms with E-state index in [2.05, 4.69) is 34.0 Å². The van der Waals surface area contributed by atoms with Crippen LogP contribution in [0.3, 0.4) is 0 Å². The molecule has 7 nitrogen and oxygen atoms in total. The van der Waals surface area contributed by atoms with Gasteiger partial charge in [-0.1, -0.05) is 52.9 Å². The summed E-state index contributed by atoms with van der Waals surface area (Å²) in [5.74, 6) is 0.0844. The van der Waals surface area contributed by atoms with Crippen LogP contribution in [0.4, 0.5) is 5.13 Å². The molecule has 0 bridgehead atoms. The highest BCUT2D eigenvalue weighted by Crippen LogP contribution is 2.28. The van der Waals surface area contributed by atoms with E-state index in [1.165, 1.54) is 28.7 Å². The molecule has 0 fully saturated rings. The third-order valence-corrected chi connectivity index (χ3v) is 6.96. The van der Waals surface area contributed by atoms with E-state index >= 15 is 0 Å². The van der Waals surface area contributed by atoms with Crippen LogP contribution < -0.4 is 15.8 Å². The molecule has 0 saturated heterocycles. The fraction of sp³-hybridized carbons (Fsp3) is 0.455. The van der Waals surface area contributed by atoms with Crippen molar-refractivity contribution in [3.05, 3.63) is 45.7 Å². The van der Waals surface area contributed by atoms with Crippen molar-refractivity contribution in [1.82, 2.24) is 19.9 Å². The van der Waals surface area contributed by atoms with Gasteiger partial charge in [-0.15, -0.1) is 0 Å². The van der Waals surface area contributed by atoms with Gasteiger partial charge in [0.05, 0.1) is 5.75 Å². The number of anilines is 1. The van der Waals surface area contributed by atoms with E-state index in [-0.39, 0.29) is 23.3 Å². The first kappa shape index (κ1) is 23.3. The monoisotopic (exact) mass is 459 g/mol. The number of thiazole rings is 1. The van der Waals surface area contributed by atoms with Crippen LogP contribution in [0, 0.1) is 6.92 Å². The van der Waals surface area contributed by atoms with Gasteiger partial charge >= 0.3 is 0 Å². The van der Waals surface area contributed by atoms with Gasteiger partial charge in [0.25, 0.3) is 5.56 Å². The van der Waals surface area contributed by atoms with E-state index in [4.69, 9.17) is 0 Å². The van der Waals surface area contributed by atoms with Crippen LogP contribution in [0.25, 0.3) is 10.3 Å². The Hall–Kier alpha value is -2.39. The van der Waals surface area contributed by atoms with Crippen molar-refractivity contribution < 1.29 is 4.79 Å². The molecule has 3 aromatic rings. The summed E-state index contributed by atoms with van der Waals surface area (Å²) in [5.41, 5.74) is 2.59. The summed E-state index contributed by atoms with van der Waals surface area (Å²) in [6.07, 6.45) is 0. The lowest BCUT2D eigenvalue weighted by molar-refractivity contribution is -0.118. The predicted molar refractivity (Wildman–Crippen MR) is 129 cm³/mol. The number of nitrogens with one attached hydrogen (secondary N) is 1. The number of rotatable bonds is 9. The maximum absolute atomic E-state index is 13.1. The number of thioether (sulfide) groups is 1. The molecule has 0 spiro atoms. The van der Waals surface area contributed by atoms with Gasteiger partial charge in [-0.05, 0) is 40.2 Å². The van der Waals surface area contributed by atoms with Crippen LogP contribution in [-0.2, 0) is 11.3 Å². The number of hydrogen-bond acceptors (Lipinski definition) is 7. The Kier molecular flexibility index (Phi) is 7.72. The molecule has 0 aliphatic rings. The zero-order valence-corrected chi connectivity index (χ0v) is 20.3. The maximum Gasteiger partial charge on any atom is 0.274 e. The average Bonchev–Trinajstić information content (AvgIpc) is 3.16. The molecule has 31 heavy (non-hydrogen) atoms. The van der Waals surface area contributed by atoms with Gasteiger partial charge in [-0.25, -0.2) is 4.98 Å². The Bertz CT molecular complexity index is 1100. The normalized spacial score (nSPS) is 11.3. The van der Waals surface area contributed by atoms with Crippen LogP contribution >= 0.6 is 23.1 Å². The second-order valence-corrected chi connectivity index (χ2v) is 9.46. The molecule has 2 heterocycles. The predicted octanol–water partition coefficient (Wildman–Crippen LogP) is 4.00. The maximum atomic E-state index is 13.1. The molecular formula is C22H29N5O2S2. The quantitative estimate of drug-likeness (QED) is 0.385. The van der Waals surface area contributed by atoms with Crippen molar-refractivity contribution in [1.29, 1.82) is 0 Å². The van der Waals surface area contributed by atoms with E-state index in [1.54, 1.807) is 4.57 Å². The Labute approximate surface area is 190 Å². The van der Waals surface area contributed by atoms with Gasteiger partial charge in [0.1, 0.15) is 4.70 Å². The van der Waals surface area contributed by atoms with Gasteiger partial charge in [-0.3, -0.25) is 14.2 Å². The molecular weight excluding hydrogens is 430 g/mol. The molecule has 9 heteroatoms.